The van der Waals surface area contributed by atoms with E-state index in [0.29, 0.717) is 5.16 Å². The van der Waals surface area contributed by atoms with Crippen molar-refractivity contribution in [1.29, 1.82) is 0 Å². The van der Waals surface area contributed by atoms with Crippen LogP contribution in [0.5, 0.6) is 0 Å². The van der Waals surface area contributed by atoms with Crippen molar-refractivity contribution in [2.75, 3.05) is 6.54 Å². The van der Waals surface area contributed by atoms with Gasteiger partial charge in [-0.25, -0.2) is 4.98 Å². The lowest BCUT2D eigenvalue weighted by Crippen LogP contribution is -2.38. The van der Waals surface area contributed by atoms with E-state index in [1.54, 1.807) is 0 Å². The minimum atomic E-state index is -4.40. The minimum absolute atomic E-state index is 0.390. The molecule has 23 heavy (non-hydrogen) atoms. The molecule has 1 unspecified atom stereocenters. The predicted molar refractivity (Wildman–Crippen MR) is 81.0 cm³/mol. The number of aromatic nitrogens is 3. The molecular formula is C14H21F3N4OS. The molecule has 0 spiro atoms. The molecule has 2 rings (SSSR count). The lowest BCUT2D eigenvalue weighted by Gasteiger charge is -2.11. The molecule has 0 bridgehead atoms. The summed E-state index contributed by atoms with van der Waals surface area (Å²) in [6.07, 6.45) is 2.61. The third kappa shape index (κ3) is 6.40. The monoisotopic (exact) mass is 350 g/mol. The third-order valence-electron chi connectivity index (χ3n) is 3.89. The number of rotatable bonds is 7. The van der Waals surface area contributed by atoms with Crippen molar-refractivity contribution in [3.05, 3.63) is 5.82 Å². The highest BCUT2D eigenvalue weighted by Gasteiger charge is 2.29. The SMILES string of the molecule is CC(Sc1n[nH]c(CCC2CCCC2)n1)C(=O)NCC(F)(F)F. The molecule has 0 aliphatic heterocycles. The number of carbonyl (C=O) groups is 1. The zero-order valence-corrected chi connectivity index (χ0v) is 13.8. The van der Waals surface area contributed by atoms with Gasteiger partial charge in [0.2, 0.25) is 11.1 Å². The largest absolute Gasteiger partial charge is 0.405 e. The second kappa shape index (κ2) is 8.03. The van der Waals surface area contributed by atoms with Gasteiger partial charge in [0.05, 0.1) is 5.25 Å². The minimum Gasteiger partial charge on any atom is -0.346 e. The molecule has 0 aromatic carbocycles. The standard InChI is InChI=1S/C14H21F3N4OS/c1-9(12(22)18-8-14(15,16)17)23-13-19-11(20-21-13)7-6-10-4-2-3-5-10/h9-10H,2-8H2,1H3,(H,18,22)(H,19,20,21). The maximum atomic E-state index is 12.1. The van der Waals surface area contributed by atoms with Crippen LogP contribution in [0.2, 0.25) is 0 Å². The Balaban J connectivity index is 1.75. The van der Waals surface area contributed by atoms with Gasteiger partial charge in [-0.2, -0.15) is 13.2 Å². The fraction of sp³-hybridized carbons (Fsp3) is 0.786. The van der Waals surface area contributed by atoms with Crippen molar-refractivity contribution >= 4 is 17.7 Å². The van der Waals surface area contributed by atoms with E-state index in [1.807, 2.05) is 5.32 Å². The zero-order valence-electron chi connectivity index (χ0n) is 12.9. The van der Waals surface area contributed by atoms with Gasteiger partial charge >= 0.3 is 6.18 Å². The van der Waals surface area contributed by atoms with E-state index < -0.39 is 23.9 Å². The number of nitrogens with zero attached hydrogens (tertiary/aromatic N) is 2. The Bertz CT molecular complexity index is 514. The second-order valence-electron chi connectivity index (χ2n) is 5.85. The van der Waals surface area contributed by atoms with Crippen molar-refractivity contribution in [1.82, 2.24) is 20.5 Å². The Hall–Kier alpha value is -1.25. The molecule has 0 saturated heterocycles. The zero-order chi connectivity index (χ0) is 16.9. The van der Waals surface area contributed by atoms with Crippen LogP contribution in [0.15, 0.2) is 5.16 Å². The number of carbonyl (C=O) groups excluding carboxylic acids is 1. The summed E-state index contributed by atoms with van der Waals surface area (Å²) in [6, 6.07) is 0. The first-order valence-electron chi connectivity index (χ1n) is 7.76. The van der Waals surface area contributed by atoms with Gasteiger partial charge < -0.3 is 5.32 Å². The second-order valence-corrected chi connectivity index (χ2v) is 7.15. The van der Waals surface area contributed by atoms with E-state index in [-0.39, 0.29) is 0 Å². The van der Waals surface area contributed by atoms with Gasteiger partial charge in [-0.15, -0.1) is 5.10 Å². The number of hydrogen-bond donors (Lipinski definition) is 2. The highest BCUT2D eigenvalue weighted by molar-refractivity contribution is 8.00. The number of hydrogen-bond acceptors (Lipinski definition) is 4. The predicted octanol–water partition coefficient (Wildman–Crippen LogP) is 3.09. The molecule has 0 radical (unpaired) electrons. The molecule has 1 atom stereocenters. The van der Waals surface area contributed by atoms with Crippen molar-refractivity contribution in [2.45, 2.75) is 62.0 Å². The number of halogens is 3. The molecule has 1 amide bonds. The molecule has 1 fully saturated rings. The molecule has 5 nitrogen and oxygen atoms in total. The summed E-state index contributed by atoms with van der Waals surface area (Å²) in [6.45, 7) is 0.211. The Morgan fingerprint density at radius 3 is 2.78 bits per heavy atom. The summed E-state index contributed by atoms with van der Waals surface area (Å²) >= 11 is 1.05. The Kier molecular flexibility index (Phi) is 6.32. The van der Waals surface area contributed by atoms with E-state index in [0.717, 1.165) is 36.3 Å². The first kappa shape index (κ1) is 18.1. The summed E-state index contributed by atoms with van der Waals surface area (Å²) in [5.74, 6) is 0.843. The average molecular weight is 350 g/mol. The molecule has 1 aromatic heterocycles. The van der Waals surface area contributed by atoms with E-state index in [2.05, 4.69) is 15.2 Å². The Morgan fingerprint density at radius 2 is 2.13 bits per heavy atom. The lowest BCUT2D eigenvalue weighted by atomic mass is 10.0. The molecule has 1 heterocycles. The Morgan fingerprint density at radius 1 is 1.43 bits per heavy atom. The molecule has 2 N–H and O–H groups in total. The number of nitrogens with one attached hydrogen (secondary N) is 2. The summed E-state index contributed by atoms with van der Waals surface area (Å²) in [7, 11) is 0. The molecular weight excluding hydrogens is 329 g/mol. The third-order valence-corrected chi connectivity index (χ3v) is 4.85. The van der Waals surface area contributed by atoms with Crippen molar-refractivity contribution in [3.63, 3.8) is 0 Å². The summed E-state index contributed by atoms with van der Waals surface area (Å²) in [5, 5.41) is 8.42. The highest BCUT2D eigenvalue weighted by atomic mass is 32.2. The van der Waals surface area contributed by atoms with Gasteiger partial charge in [-0.3, -0.25) is 9.89 Å². The fourth-order valence-electron chi connectivity index (χ4n) is 2.62. The van der Waals surface area contributed by atoms with Gasteiger partial charge in [0.15, 0.2) is 0 Å². The number of thioether (sulfide) groups is 1. The molecule has 1 aromatic rings. The van der Waals surface area contributed by atoms with Crippen molar-refractivity contribution < 1.29 is 18.0 Å². The van der Waals surface area contributed by atoms with E-state index in [1.165, 1.54) is 32.6 Å². The van der Waals surface area contributed by atoms with Gasteiger partial charge in [0, 0.05) is 6.42 Å². The van der Waals surface area contributed by atoms with E-state index in [4.69, 9.17) is 0 Å². The van der Waals surface area contributed by atoms with Crippen LogP contribution in [0.1, 0.15) is 44.9 Å². The molecule has 130 valence electrons. The number of amides is 1. The van der Waals surface area contributed by atoms with Crippen molar-refractivity contribution in [2.24, 2.45) is 5.92 Å². The average Bonchev–Trinajstić information content (AvgIpc) is 3.13. The number of alkyl halides is 3. The number of aromatic amines is 1. The van der Waals surface area contributed by atoms with Gasteiger partial charge in [-0.1, -0.05) is 37.4 Å². The molecule has 1 aliphatic carbocycles. The maximum absolute atomic E-state index is 12.1. The van der Waals surface area contributed by atoms with Crippen molar-refractivity contribution in [3.8, 4) is 0 Å². The summed E-state index contributed by atoms with van der Waals surface area (Å²) in [5.41, 5.74) is 0. The topological polar surface area (TPSA) is 70.7 Å². The molecule has 9 heteroatoms. The first-order valence-corrected chi connectivity index (χ1v) is 8.64. The van der Waals surface area contributed by atoms with Crippen LogP contribution in [-0.2, 0) is 11.2 Å². The van der Waals surface area contributed by atoms with Crippen LogP contribution in [0.4, 0.5) is 13.2 Å². The van der Waals surface area contributed by atoms with Crippen LogP contribution < -0.4 is 5.32 Å². The van der Waals surface area contributed by atoms with Crippen LogP contribution >= 0.6 is 11.8 Å². The summed E-state index contributed by atoms with van der Waals surface area (Å²) < 4.78 is 36.2. The first-order chi connectivity index (χ1) is 10.8. The maximum Gasteiger partial charge on any atom is 0.405 e. The lowest BCUT2D eigenvalue weighted by molar-refractivity contribution is -0.137. The number of aryl methyl sites for hydroxylation is 1. The van der Waals surface area contributed by atoms with E-state index in [9.17, 15) is 18.0 Å². The van der Waals surface area contributed by atoms with E-state index >= 15 is 0 Å². The molecule has 1 aliphatic rings. The van der Waals surface area contributed by atoms with Gasteiger partial charge in [0.25, 0.3) is 0 Å². The smallest absolute Gasteiger partial charge is 0.346 e. The normalized spacial score (nSPS) is 17.4. The number of H-pyrrole nitrogens is 1. The van der Waals surface area contributed by atoms with Crippen LogP contribution in [-0.4, -0.2) is 39.1 Å². The fourth-order valence-corrected chi connectivity index (χ4v) is 3.39. The summed E-state index contributed by atoms with van der Waals surface area (Å²) in [4.78, 5) is 15.9. The van der Waals surface area contributed by atoms with Gasteiger partial charge in [-0.05, 0) is 19.3 Å². The Labute approximate surface area is 137 Å². The quantitative estimate of drug-likeness (QED) is 0.742. The van der Waals surface area contributed by atoms with Crippen LogP contribution in [0.25, 0.3) is 0 Å². The van der Waals surface area contributed by atoms with Crippen LogP contribution in [0, 0.1) is 5.92 Å². The molecule has 1 saturated carbocycles. The van der Waals surface area contributed by atoms with Crippen LogP contribution in [0.3, 0.4) is 0 Å². The van der Waals surface area contributed by atoms with Gasteiger partial charge in [0.1, 0.15) is 12.4 Å². The highest BCUT2D eigenvalue weighted by Crippen LogP contribution is 2.28.